The molecule has 0 spiro atoms. The highest BCUT2D eigenvalue weighted by Crippen LogP contribution is 2.41. The van der Waals surface area contributed by atoms with Crippen molar-refractivity contribution >= 4 is 22.1 Å². The van der Waals surface area contributed by atoms with Crippen molar-refractivity contribution in [3.05, 3.63) is 24.3 Å². The van der Waals surface area contributed by atoms with Crippen LogP contribution in [0.4, 0.5) is 8.78 Å². The first kappa shape index (κ1) is 15.5. The average Bonchev–Trinajstić information content (AvgIpc) is 3.09. The van der Waals surface area contributed by atoms with Gasteiger partial charge in [-0.15, -0.1) is 0 Å². The third kappa shape index (κ3) is 2.21. The molecule has 0 saturated carbocycles. The van der Waals surface area contributed by atoms with E-state index in [0.717, 1.165) is 5.39 Å². The van der Waals surface area contributed by atoms with Crippen molar-refractivity contribution in [1.82, 2.24) is 24.4 Å². The van der Waals surface area contributed by atoms with E-state index >= 15 is 0 Å². The number of hydrogen-bond acceptors (Lipinski definition) is 4. The summed E-state index contributed by atoms with van der Waals surface area (Å²) in [6.07, 6.45) is 2.64. The minimum Gasteiger partial charge on any atom is -0.385 e. The molecule has 2 atom stereocenters. The lowest BCUT2D eigenvalue weighted by molar-refractivity contribution is -0.0984. The molecule has 24 heavy (non-hydrogen) atoms. The Balaban J connectivity index is 2.01. The number of aromatic amines is 1. The zero-order chi connectivity index (χ0) is 17.1. The molecule has 4 rings (SSSR count). The second-order valence-corrected chi connectivity index (χ2v) is 6.55. The van der Waals surface area contributed by atoms with E-state index in [0.29, 0.717) is 29.6 Å². The maximum atomic E-state index is 14.8. The number of fused-ring (bicyclic) bond motifs is 3. The number of likely N-dealkylation sites (tertiary alicyclic amines) is 1. The molecule has 2 N–H and O–H groups in total. The summed E-state index contributed by atoms with van der Waals surface area (Å²) in [6.45, 7) is 1.81. The number of alkyl halides is 2. The lowest BCUT2D eigenvalue weighted by Crippen LogP contribution is -2.48. The topological polar surface area (TPSA) is 70.0 Å². The minimum absolute atomic E-state index is 0.259. The van der Waals surface area contributed by atoms with Gasteiger partial charge in [0.25, 0.3) is 5.92 Å². The zero-order valence-electron chi connectivity index (χ0n) is 13.5. The number of nitrogens with zero attached hydrogens (tertiary/aromatic N) is 4. The van der Waals surface area contributed by atoms with E-state index in [4.69, 9.17) is 0 Å². The number of nitrogens with one attached hydrogen (secondary N) is 1. The summed E-state index contributed by atoms with van der Waals surface area (Å²) in [6, 6.07) is 0.769. The Morgan fingerprint density at radius 2 is 2.25 bits per heavy atom. The molecule has 3 aromatic heterocycles. The third-order valence-corrected chi connectivity index (χ3v) is 4.70. The van der Waals surface area contributed by atoms with Crippen LogP contribution in [0.1, 0.15) is 31.3 Å². The van der Waals surface area contributed by atoms with Crippen LogP contribution in [0.2, 0.25) is 0 Å². The molecule has 0 aromatic carbocycles. The Morgan fingerprint density at radius 3 is 2.96 bits per heavy atom. The van der Waals surface area contributed by atoms with Gasteiger partial charge in [-0.05, 0) is 26.5 Å². The Hall–Kier alpha value is -2.06. The minimum atomic E-state index is -2.91. The van der Waals surface area contributed by atoms with E-state index in [-0.39, 0.29) is 12.4 Å². The molecule has 1 unspecified atom stereocenters. The van der Waals surface area contributed by atoms with Crippen LogP contribution >= 0.6 is 0 Å². The van der Waals surface area contributed by atoms with E-state index < -0.39 is 18.1 Å². The summed E-state index contributed by atoms with van der Waals surface area (Å²) in [7, 11) is 1.69. The van der Waals surface area contributed by atoms with E-state index in [1.165, 1.54) is 4.57 Å². The molecule has 0 radical (unpaired) electrons. The van der Waals surface area contributed by atoms with E-state index in [1.54, 1.807) is 31.3 Å². The number of hydrogen-bond donors (Lipinski definition) is 2. The Bertz CT molecular complexity index is 901. The van der Waals surface area contributed by atoms with Gasteiger partial charge in [0.05, 0.1) is 18.3 Å². The average molecular weight is 335 g/mol. The molecule has 6 nitrogen and oxygen atoms in total. The third-order valence-electron chi connectivity index (χ3n) is 4.70. The van der Waals surface area contributed by atoms with Crippen LogP contribution in [-0.2, 0) is 0 Å². The van der Waals surface area contributed by atoms with Gasteiger partial charge in [-0.25, -0.2) is 18.7 Å². The first-order valence-corrected chi connectivity index (χ1v) is 7.97. The van der Waals surface area contributed by atoms with Crippen molar-refractivity contribution in [2.45, 2.75) is 31.4 Å². The number of rotatable bonds is 2. The molecule has 1 fully saturated rings. The summed E-state index contributed by atoms with van der Waals surface area (Å²) in [5, 5.41) is 10.9. The van der Waals surface area contributed by atoms with E-state index in [9.17, 15) is 13.9 Å². The largest absolute Gasteiger partial charge is 0.385 e. The Morgan fingerprint density at radius 1 is 1.46 bits per heavy atom. The van der Waals surface area contributed by atoms with Crippen molar-refractivity contribution in [2.75, 3.05) is 20.1 Å². The Kier molecular flexibility index (Phi) is 3.36. The Labute approximate surface area is 137 Å². The first-order valence-electron chi connectivity index (χ1n) is 7.97. The first-order chi connectivity index (χ1) is 11.4. The highest BCUT2D eigenvalue weighted by atomic mass is 19.3. The van der Waals surface area contributed by atoms with Gasteiger partial charge in [-0.1, -0.05) is 0 Å². The molecular formula is C16H19F2N5O. The number of H-pyrrole nitrogens is 1. The normalized spacial score (nSPS) is 23.1. The monoisotopic (exact) mass is 335 g/mol. The van der Waals surface area contributed by atoms with E-state index in [1.807, 2.05) is 6.07 Å². The number of aromatic nitrogens is 4. The molecule has 0 amide bonds. The van der Waals surface area contributed by atoms with Crippen LogP contribution in [0, 0.1) is 0 Å². The van der Waals surface area contributed by atoms with Crippen molar-refractivity contribution in [3.8, 4) is 0 Å². The fraction of sp³-hybridized carbons (Fsp3) is 0.500. The van der Waals surface area contributed by atoms with Crippen molar-refractivity contribution in [3.63, 3.8) is 0 Å². The second kappa shape index (κ2) is 5.22. The highest BCUT2D eigenvalue weighted by molar-refractivity contribution is 6.01. The summed E-state index contributed by atoms with van der Waals surface area (Å²) >= 11 is 0. The van der Waals surface area contributed by atoms with Crippen LogP contribution in [0.3, 0.4) is 0 Å². The van der Waals surface area contributed by atoms with Crippen LogP contribution < -0.4 is 0 Å². The zero-order valence-corrected chi connectivity index (χ0v) is 13.5. The maximum absolute atomic E-state index is 14.8. The molecule has 1 saturated heterocycles. The predicted octanol–water partition coefficient (Wildman–Crippen LogP) is 2.48. The molecule has 0 aliphatic carbocycles. The molecule has 3 aromatic rings. The standard InChI is InChI=1S/C16H19F2N5O/c1-9(24)15-21-11-7-20-14-10(3-5-19-14)13(11)23(15)12-4-6-22(2)8-16(12,17)18/h3,5,7,9,12,24H,4,6,8H2,1-2H3,(H,19,20)/t9-,12?/m1/s1. The van der Waals surface area contributed by atoms with Gasteiger partial charge in [-0.3, -0.25) is 0 Å². The van der Waals surface area contributed by atoms with Crippen LogP contribution in [-0.4, -0.2) is 55.6 Å². The van der Waals surface area contributed by atoms with Gasteiger partial charge in [0, 0.05) is 18.1 Å². The molecule has 1 aliphatic rings. The molecule has 128 valence electrons. The fourth-order valence-electron chi connectivity index (χ4n) is 3.64. The SMILES string of the molecule is C[C@@H](O)c1nc2cnc3[nH]ccc3c2n1C1CCN(C)CC1(F)F. The number of aliphatic hydroxyl groups excluding tert-OH is 1. The number of imidazole rings is 1. The number of pyridine rings is 1. The van der Waals surface area contributed by atoms with Crippen LogP contribution in [0.5, 0.6) is 0 Å². The molecule has 1 aliphatic heterocycles. The van der Waals surface area contributed by atoms with Gasteiger partial charge < -0.3 is 19.6 Å². The van der Waals surface area contributed by atoms with Gasteiger partial charge in [0.2, 0.25) is 0 Å². The molecule has 0 bridgehead atoms. The maximum Gasteiger partial charge on any atom is 0.280 e. The van der Waals surface area contributed by atoms with Gasteiger partial charge in [0.15, 0.2) is 0 Å². The lowest BCUT2D eigenvalue weighted by Gasteiger charge is -2.38. The fourth-order valence-corrected chi connectivity index (χ4v) is 3.64. The summed E-state index contributed by atoms with van der Waals surface area (Å²) < 4.78 is 31.1. The van der Waals surface area contributed by atoms with Crippen molar-refractivity contribution < 1.29 is 13.9 Å². The van der Waals surface area contributed by atoms with Crippen LogP contribution in [0.25, 0.3) is 22.1 Å². The van der Waals surface area contributed by atoms with E-state index in [2.05, 4.69) is 15.0 Å². The van der Waals surface area contributed by atoms with Crippen molar-refractivity contribution in [2.24, 2.45) is 0 Å². The van der Waals surface area contributed by atoms with Gasteiger partial charge >= 0.3 is 0 Å². The predicted molar refractivity (Wildman–Crippen MR) is 86.1 cm³/mol. The summed E-state index contributed by atoms with van der Waals surface area (Å²) in [5.74, 6) is -2.65. The van der Waals surface area contributed by atoms with Crippen LogP contribution in [0.15, 0.2) is 18.5 Å². The molecular weight excluding hydrogens is 316 g/mol. The number of aliphatic hydroxyl groups is 1. The number of piperidine rings is 1. The molecule has 8 heteroatoms. The summed E-state index contributed by atoms with van der Waals surface area (Å²) in [5.41, 5.74) is 1.75. The lowest BCUT2D eigenvalue weighted by atomic mass is 10.00. The highest BCUT2D eigenvalue weighted by Gasteiger charge is 2.46. The number of halogens is 2. The van der Waals surface area contributed by atoms with Gasteiger partial charge in [0.1, 0.15) is 29.1 Å². The van der Waals surface area contributed by atoms with Gasteiger partial charge in [-0.2, -0.15) is 0 Å². The molecule has 4 heterocycles. The smallest absolute Gasteiger partial charge is 0.280 e. The second-order valence-electron chi connectivity index (χ2n) is 6.55. The summed E-state index contributed by atoms with van der Waals surface area (Å²) in [4.78, 5) is 13.3. The van der Waals surface area contributed by atoms with Crippen molar-refractivity contribution in [1.29, 1.82) is 0 Å². The quantitative estimate of drug-likeness (QED) is 0.755.